The van der Waals surface area contributed by atoms with Crippen LogP contribution in [0.3, 0.4) is 0 Å². The van der Waals surface area contributed by atoms with Crippen LogP contribution < -0.4 is 5.73 Å². The number of aliphatic carboxylic acids is 1. The topological polar surface area (TPSA) is 160 Å². The van der Waals surface area contributed by atoms with Crippen molar-refractivity contribution in [2.75, 3.05) is 33.0 Å². The van der Waals surface area contributed by atoms with Gasteiger partial charge in [0.2, 0.25) is 0 Å². The number of rotatable bonds is 10. The predicted octanol–water partition coefficient (Wildman–Crippen LogP) is -1.22. The van der Waals surface area contributed by atoms with E-state index in [1.807, 2.05) is 0 Å². The van der Waals surface area contributed by atoms with Crippen molar-refractivity contribution in [1.82, 2.24) is 0 Å². The molecule has 3 N–H and O–H groups in total. The van der Waals surface area contributed by atoms with Crippen molar-refractivity contribution in [2.45, 2.75) is 6.04 Å². The van der Waals surface area contributed by atoms with Gasteiger partial charge in [0.1, 0.15) is 25.9 Å². The molecule has 0 radical (unpaired) electrons. The summed E-state index contributed by atoms with van der Waals surface area (Å²) in [7, 11) is 0. The molecule has 0 bridgehead atoms. The molecule has 0 aliphatic heterocycles. The Labute approximate surface area is 107 Å². The summed E-state index contributed by atoms with van der Waals surface area (Å²) in [6, 6.07) is -1.32. The number of carbonyl (C=O) groups is 2. The average Bonchev–Trinajstić information content (AvgIpc) is 2.34. The van der Waals surface area contributed by atoms with E-state index in [2.05, 4.69) is 14.3 Å². The molecule has 0 heterocycles. The van der Waals surface area contributed by atoms with Crippen molar-refractivity contribution in [3.05, 3.63) is 10.1 Å². The van der Waals surface area contributed by atoms with Gasteiger partial charge in [0.25, 0.3) is 5.09 Å². The zero-order valence-electron chi connectivity index (χ0n) is 9.85. The number of hydrogen-bond donors (Lipinski definition) is 2. The number of nitrogens with zero attached hydrogens (tertiary/aromatic N) is 1. The number of ether oxygens (including phenoxy) is 3. The number of hydrogen-bond acceptors (Lipinski definition) is 9. The van der Waals surface area contributed by atoms with E-state index < -0.39 is 29.9 Å². The third-order valence-electron chi connectivity index (χ3n) is 1.57. The molecule has 1 atom stereocenters. The molecule has 0 rings (SSSR count). The second-order valence-electron chi connectivity index (χ2n) is 3.02. The summed E-state index contributed by atoms with van der Waals surface area (Å²) in [5.41, 5.74) is 5.07. The van der Waals surface area contributed by atoms with Gasteiger partial charge < -0.3 is 29.9 Å². The monoisotopic (exact) mass is 282 g/mol. The molecule has 0 spiro atoms. The van der Waals surface area contributed by atoms with Gasteiger partial charge in [0.05, 0.1) is 13.2 Å². The Balaban J connectivity index is 3.39. The van der Waals surface area contributed by atoms with Crippen LogP contribution in [0.25, 0.3) is 0 Å². The summed E-state index contributed by atoms with van der Waals surface area (Å²) in [6.45, 7) is -0.944. The molecule has 0 aliphatic rings. The average molecular weight is 282 g/mol. The van der Waals surface area contributed by atoms with Crippen molar-refractivity contribution < 1.29 is 38.8 Å². The summed E-state index contributed by atoms with van der Waals surface area (Å²) in [5.74, 6) is -1.30. The Bertz CT molecular complexity index is 309. The summed E-state index contributed by atoms with van der Waals surface area (Å²) >= 11 is 0. The summed E-state index contributed by atoms with van der Waals surface area (Å²) < 4.78 is 13.7. The smallest absolute Gasteiger partial charge is 0.480 e. The minimum Gasteiger partial charge on any atom is -0.480 e. The van der Waals surface area contributed by atoms with Gasteiger partial charge in [-0.3, -0.25) is 4.79 Å². The van der Waals surface area contributed by atoms with Gasteiger partial charge in [0, 0.05) is 0 Å². The molecule has 0 aromatic rings. The fraction of sp³-hybridized carbons (Fsp3) is 0.750. The highest BCUT2D eigenvalue weighted by Gasteiger charge is 2.14. The molecule has 0 amide bonds. The first kappa shape index (κ1) is 16.9. The highest BCUT2D eigenvalue weighted by molar-refractivity contribution is 5.73. The van der Waals surface area contributed by atoms with E-state index >= 15 is 0 Å². The first-order chi connectivity index (χ1) is 8.93. The van der Waals surface area contributed by atoms with Crippen LogP contribution in [0.4, 0.5) is 4.79 Å². The maximum absolute atomic E-state index is 10.9. The molecule has 19 heavy (non-hydrogen) atoms. The Morgan fingerprint density at radius 3 is 2.42 bits per heavy atom. The van der Waals surface area contributed by atoms with Gasteiger partial charge >= 0.3 is 12.1 Å². The second kappa shape index (κ2) is 9.85. The molecular weight excluding hydrogens is 268 g/mol. The predicted molar refractivity (Wildman–Crippen MR) is 56.7 cm³/mol. The minimum atomic E-state index is -1.32. The van der Waals surface area contributed by atoms with Gasteiger partial charge in [-0.05, 0) is 0 Å². The summed E-state index contributed by atoms with van der Waals surface area (Å²) in [5, 5.41) is 17.2. The van der Waals surface area contributed by atoms with Crippen molar-refractivity contribution >= 4 is 12.1 Å². The number of carbonyl (C=O) groups excluding carboxylic acids is 1. The van der Waals surface area contributed by atoms with Crippen molar-refractivity contribution in [1.29, 1.82) is 0 Å². The zero-order chi connectivity index (χ0) is 14.7. The number of carboxylic acid groups (broad SMARTS) is 1. The SMILES string of the molecule is NC(COC(=O)OCCOCCO[N+](=O)[O-])C(=O)O. The molecule has 1 unspecified atom stereocenters. The van der Waals surface area contributed by atoms with E-state index in [1.54, 1.807) is 0 Å². The first-order valence-electron chi connectivity index (χ1n) is 5.06. The highest BCUT2D eigenvalue weighted by Crippen LogP contribution is 1.89. The van der Waals surface area contributed by atoms with E-state index in [0.29, 0.717) is 0 Å². The number of nitrogens with two attached hydrogens (primary N) is 1. The lowest BCUT2D eigenvalue weighted by atomic mass is 10.3. The van der Waals surface area contributed by atoms with E-state index in [-0.39, 0.29) is 26.4 Å². The Kier molecular flexibility index (Phi) is 8.74. The molecule has 0 aliphatic carbocycles. The third-order valence-corrected chi connectivity index (χ3v) is 1.57. The normalized spacial score (nSPS) is 11.4. The van der Waals surface area contributed by atoms with Crippen LogP contribution in [0.15, 0.2) is 0 Å². The van der Waals surface area contributed by atoms with E-state index in [9.17, 15) is 19.7 Å². The largest absolute Gasteiger partial charge is 0.508 e. The van der Waals surface area contributed by atoms with E-state index in [0.717, 1.165) is 0 Å². The molecule has 0 fully saturated rings. The molecule has 11 nitrogen and oxygen atoms in total. The van der Waals surface area contributed by atoms with Gasteiger partial charge in [-0.1, -0.05) is 0 Å². The fourth-order valence-corrected chi connectivity index (χ4v) is 0.727. The molecule has 110 valence electrons. The maximum Gasteiger partial charge on any atom is 0.508 e. The van der Waals surface area contributed by atoms with Gasteiger partial charge in [-0.15, -0.1) is 10.1 Å². The van der Waals surface area contributed by atoms with Gasteiger partial charge in [0.15, 0.2) is 0 Å². The van der Waals surface area contributed by atoms with Crippen molar-refractivity contribution in [2.24, 2.45) is 5.73 Å². The lowest BCUT2D eigenvalue weighted by Crippen LogP contribution is -2.35. The lowest BCUT2D eigenvalue weighted by molar-refractivity contribution is -0.758. The Morgan fingerprint density at radius 1 is 1.21 bits per heavy atom. The first-order valence-corrected chi connectivity index (χ1v) is 5.06. The van der Waals surface area contributed by atoms with Crippen molar-refractivity contribution in [3.8, 4) is 0 Å². The maximum atomic E-state index is 10.9. The summed E-state index contributed by atoms with van der Waals surface area (Å²) in [6.07, 6.45) is -1.08. The minimum absolute atomic E-state index is 0.0127. The van der Waals surface area contributed by atoms with Gasteiger partial charge in [-0.2, -0.15) is 0 Å². The van der Waals surface area contributed by atoms with Gasteiger partial charge in [-0.25, -0.2) is 4.79 Å². The van der Waals surface area contributed by atoms with Crippen LogP contribution in [0.1, 0.15) is 0 Å². The molecule has 0 saturated carbocycles. The molecule has 0 saturated heterocycles. The molecule has 0 aromatic carbocycles. The molecule has 11 heteroatoms. The second-order valence-corrected chi connectivity index (χ2v) is 3.02. The van der Waals surface area contributed by atoms with E-state index in [4.69, 9.17) is 15.6 Å². The van der Waals surface area contributed by atoms with Crippen molar-refractivity contribution in [3.63, 3.8) is 0 Å². The van der Waals surface area contributed by atoms with Crippen LogP contribution in [0.5, 0.6) is 0 Å². The lowest BCUT2D eigenvalue weighted by Gasteiger charge is -2.08. The Morgan fingerprint density at radius 2 is 1.84 bits per heavy atom. The van der Waals surface area contributed by atoms with Crippen LogP contribution in [0, 0.1) is 10.1 Å². The highest BCUT2D eigenvalue weighted by atomic mass is 17.0. The van der Waals surface area contributed by atoms with Crippen LogP contribution in [-0.4, -0.2) is 61.4 Å². The van der Waals surface area contributed by atoms with Crippen LogP contribution >= 0.6 is 0 Å². The Hall–Kier alpha value is -2.14. The standard InChI is InChI=1S/C8H14N2O9/c9-6(7(11)12)5-18-8(13)17-3-1-16-2-4-19-10(14)15/h6H,1-5,9H2,(H,11,12). The molecular formula is C8H14N2O9. The quantitative estimate of drug-likeness (QED) is 0.215. The number of carboxylic acids is 1. The van der Waals surface area contributed by atoms with E-state index in [1.165, 1.54) is 0 Å². The summed E-state index contributed by atoms with van der Waals surface area (Å²) in [4.78, 5) is 34.9. The zero-order valence-corrected chi connectivity index (χ0v) is 9.85. The van der Waals surface area contributed by atoms with Crippen LogP contribution in [-0.2, 0) is 23.8 Å². The molecule has 0 aromatic heterocycles. The van der Waals surface area contributed by atoms with Crippen LogP contribution in [0.2, 0.25) is 0 Å². The fourth-order valence-electron chi connectivity index (χ4n) is 0.727. The third kappa shape index (κ3) is 10.7.